The second-order valence-electron chi connectivity index (χ2n) is 4.82. The van der Waals surface area contributed by atoms with Crippen molar-refractivity contribution in [2.45, 2.75) is 32.9 Å². The Morgan fingerprint density at radius 1 is 1.59 bits per heavy atom. The number of nitrogens with zero attached hydrogens (tertiary/aromatic N) is 3. The van der Waals surface area contributed by atoms with E-state index in [1.807, 2.05) is 31.6 Å². The van der Waals surface area contributed by atoms with Gasteiger partial charge in [-0.3, -0.25) is 4.68 Å². The first kappa shape index (κ1) is 14.3. The summed E-state index contributed by atoms with van der Waals surface area (Å²) in [5.41, 5.74) is -0.452. The van der Waals surface area contributed by atoms with Crippen molar-refractivity contribution in [3.05, 3.63) is 16.0 Å². The molecule has 0 atom stereocenters. The normalized spacial score (nSPS) is 11.4. The van der Waals surface area contributed by atoms with Gasteiger partial charge in [-0.2, -0.15) is 5.10 Å². The van der Waals surface area contributed by atoms with Crippen LogP contribution < -0.4 is 0 Å². The monoisotopic (exact) mass is 351 g/mol. The minimum absolute atomic E-state index is 0.306. The van der Waals surface area contributed by atoms with Crippen LogP contribution in [0.1, 0.15) is 20.8 Å². The molecule has 0 saturated heterocycles. The van der Waals surface area contributed by atoms with Crippen molar-refractivity contribution in [2.75, 3.05) is 13.6 Å². The van der Waals surface area contributed by atoms with E-state index < -0.39 is 5.60 Å². The number of hydrogen-bond donors (Lipinski definition) is 0. The van der Waals surface area contributed by atoms with Crippen LogP contribution in [-0.2, 0) is 11.3 Å². The smallest absolute Gasteiger partial charge is 0.410 e. The van der Waals surface area contributed by atoms with Crippen molar-refractivity contribution in [1.29, 1.82) is 0 Å². The highest BCUT2D eigenvalue weighted by molar-refractivity contribution is 14.1. The summed E-state index contributed by atoms with van der Waals surface area (Å²) in [5, 5.41) is 4.15. The van der Waals surface area contributed by atoms with Crippen LogP contribution in [0.15, 0.2) is 12.4 Å². The summed E-state index contributed by atoms with van der Waals surface area (Å²) < 4.78 is 8.14. The summed E-state index contributed by atoms with van der Waals surface area (Å²) in [6.07, 6.45) is 3.41. The third-order valence-electron chi connectivity index (χ3n) is 1.97. The van der Waals surface area contributed by atoms with Gasteiger partial charge in [-0.25, -0.2) is 4.79 Å². The Morgan fingerprint density at radius 3 is 2.71 bits per heavy atom. The van der Waals surface area contributed by atoms with Gasteiger partial charge in [-0.15, -0.1) is 0 Å². The first-order valence-corrected chi connectivity index (χ1v) is 6.48. The standard InChI is InChI=1S/C11H18IN3O2/c1-11(2,3)17-10(16)14(4)5-6-15-8-9(12)7-13-15/h7-8H,5-6H2,1-4H3. The molecule has 1 amide bonds. The molecule has 0 radical (unpaired) electrons. The summed E-state index contributed by atoms with van der Waals surface area (Å²) in [7, 11) is 1.72. The minimum Gasteiger partial charge on any atom is -0.444 e. The van der Waals surface area contributed by atoms with Gasteiger partial charge in [0.2, 0.25) is 0 Å². The molecule has 0 N–H and O–H groups in total. The van der Waals surface area contributed by atoms with E-state index in [0.29, 0.717) is 13.1 Å². The Labute approximate surface area is 115 Å². The Kier molecular flexibility index (Phi) is 4.79. The lowest BCUT2D eigenvalue weighted by molar-refractivity contribution is 0.0292. The molecule has 6 heteroatoms. The van der Waals surface area contributed by atoms with Gasteiger partial charge in [0, 0.05) is 19.8 Å². The molecule has 17 heavy (non-hydrogen) atoms. The molecule has 0 aromatic carbocycles. The minimum atomic E-state index is -0.452. The van der Waals surface area contributed by atoms with E-state index in [0.717, 1.165) is 3.57 Å². The lowest BCUT2D eigenvalue weighted by Gasteiger charge is -2.24. The largest absolute Gasteiger partial charge is 0.444 e. The molecular weight excluding hydrogens is 333 g/mol. The van der Waals surface area contributed by atoms with Crippen LogP contribution in [0, 0.1) is 3.57 Å². The van der Waals surface area contributed by atoms with Crippen LogP contribution in [0.4, 0.5) is 4.79 Å². The van der Waals surface area contributed by atoms with Gasteiger partial charge in [-0.1, -0.05) is 0 Å². The number of ether oxygens (including phenoxy) is 1. The SMILES string of the molecule is CN(CCn1cc(I)cn1)C(=O)OC(C)(C)C. The quantitative estimate of drug-likeness (QED) is 0.786. The number of carbonyl (C=O) groups is 1. The van der Waals surface area contributed by atoms with Gasteiger partial charge in [0.1, 0.15) is 5.60 Å². The van der Waals surface area contributed by atoms with Crippen LogP contribution >= 0.6 is 22.6 Å². The van der Waals surface area contributed by atoms with Crippen molar-refractivity contribution in [1.82, 2.24) is 14.7 Å². The van der Waals surface area contributed by atoms with Crippen molar-refractivity contribution >= 4 is 28.7 Å². The summed E-state index contributed by atoms with van der Waals surface area (Å²) >= 11 is 2.20. The topological polar surface area (TPSA) is 47.4 Å². The summed E-state index contributed by atoms with van der Waals surface area (Å²) in [4.78, 5) is 13.2. The number of carbonyl (C=O) groups excluding carboxylic acids is 1. The van der Waals surface area contributed by atoms with Crippen molar-refractivity contribution in [2.24, 2.45) is 0 Å². The highest BCUT2D eigenvalue weighted by Gasteiger charge is 2.19. The maximum atomic E-state index is 11.7. The number of amides is 1. The molecule has 0 aliphatic heterocycles. The molecular formula is C11H18IN3O2. The molecule has 0 saturated carbocycles. The zero-order chi connectivity index (χ0) is 13.1. The lowest BCUT2D eigenvalue weighted by atomic mass is 10.2. The average molecular weight is 351 g/mol. The molecule has 0 bridgehead atoms. The second kappa shape index (κ2) is 5.70. The first-order valence-electron chi connectivity index (χ1n) is 5.40. The number of halogens is 1. The van der Waals surface area contributed by atoms with Gasteiger partial charge < -0.3 is 9.64 Å². The molecule has 0 fully saturated rings. The number of aromatic nitrogens is 2. The third-order valence-corrected chi connectivity index (χ3v) is 2.53. The molecule has 1 rings (SSSR count). The zero-order valence-corrected chi connectivity index (χ0v) is 12.8. The Balaban J connectivity index is 2.39. The van der Waals surface area contributed by atoms with Crippen LogP contribution in [0.2, 0.25) is 0 Å². The fraction of sp³-hybridized carbons (Fsp3) is 0.636. The molecule has 0 spiro atoms. The van der Waals surface area contributed by atoms with Crippen LogP contribution in [0.25, 0.3) is 0 Å². The van der Waals surface area contributed by atoms with Gasteiger partial charge >= 0.3 is 6.09 Å². The van der Waals surface area contributed by atoms with E-state index >= 15 is 0 Å². The molecule has 1 aromatic rings. The number of likely N-dealkylation sites (N-methyl/N-ethyl adjacent to an activating group) is 1. The lowest BCUT2D eigenvalue weighted by Crippen LogP contribution is -2.36. The van der Waals surface area contributed by atoms with Crippen LogP contribution in [-0.4, -0.2) is 40.0 Å². The maximum Gasteiger partial charge on any atom is 0.410 e. The van der Waals surface area contributed by atoms with E-state index in [-0.39, 0.29) is 6.09 Å². The van der Waals surface area contributed by atoms with E-state index in [9.17, 15) is 4.79 Å². The third kappa shape index (κ3) is 5.38. The highest BCUT2D eigenvalue weighted by Crippen LogP contribution is 2.09. The summed E-state index contributed by atoms with van der Waals surface area (Å²) in [6.45, 7) is 6.81. The van der Waals surface area contributed by atoms with Crippen molar-refractivity contribution in [3.63, 3.8) is 0 Å². The Hall–Kier alpha value is -0.790. The van der Waals surface area contributed by atoms with Crippen molar-refractivity contribution < 1.29 is 9.53 Å². The average Bonchev–Trinajstić information content (AvgIpc) is 2.58. The molecule has 5 nitrogen and oxygen atoms in total. The Morgan fingerprint density at radius 2 is 2.24 bits per heavy atom. The zero-order valence-electron chi connectivity index (χ0n) is 10.6. The van der Waals surface area contributed by atoms with E-state index in [2.05, 4.69) is 27.7 Å². The fourth-order valence-corrected chi connectivity index (χ4v) is 1.59. The molecule has 0 aliphatic carbocycles. The van der Waals surface area contributed by atoms with E-state index in [1.54, 1.807) is 18.1 Å². The summed E-state index contributed by atoms with van der Waals surface area (Å²) in [5.74, 6) is 0. The molecule has 0 aliphatic rings. The Bertz CT molecular complexity index is 384. The van der Waals surface area contributed by atoms with E-state index in [1.165, 1.54) is 0 Å². The molecule has 0 unspecified atom stereocenters. The number of hydrogen-bond acceptors (Lipinski definition) is 3. The molecule has 1 heterocycles. The first-order chi connectivity index (χ1) is 7.78. The van der Waals surface area contributed by atoms with Gasteiger partial charge in [-0.05, 0) is 43.4 Å². The molecule has 1 aromatic heterocycles. The van der Waals surface area contributed by atoms with Crippen LogP contribution in [0.5, 0.6) is 0 Å². The summed E-state index contributed by atoms with van der Waals surface area (Å²) in [6, 6.07) is 0. The van der Waals surface area contributed by atoms with Gasteiger partial charge in [0.25, 0.3) is 0 Å². The van der Waals surface area contributed by atoms with Crippen molar-refractivity contribution in [3.8, 4) is 0 Å². The maximum absolute atomic E-state index is 11.7. The predicted octanol–water partition coefficient (Wildman–Crippen LogP) is 2.35. The van der Waals surface area contributed by atoms with E-state index in [4.69, 9.17) is 4.74 Å². The van der Waals surface area contributed by atoms with Crippen LogP contribution in [0.3, 0.4) is 0 Å². The van der Waals surface area contributed by atoms with Gasteiger partial charge in [0.05, 0.1) is 16.3 Å². The van der Waals surface area contributed by atoms with Gasteiger partial charge in [0.15, 0.2) is 0 Å². The number of rotatable bonds is 3. The highest BCUT2D eigenvalue weighted by atomic mass is 127. The molecule has 96 valence electrons. The second-order valence-corrected chi connectivity index (χ2v) is 6.07. The fourth-order valence-electron chi connectivity index (χ4n) is 1.14. The predicted molar refractivity (Wildman–Crippen MR) is 73.8 cm³/mol.